The van der Waals surface area contributed by atoms with Gasteiger partial charge in [-0.25, -0.2) is 0 Å². The van der Waals surface area contributed by atoms with Crippen LogP contribution in [-0.2, 0) is 4.79 Å². The summed E-state index contributed by atoms with van der Waals surface area (Å²) in [6.07, 6.45) is 2.03. The molecule has 2 N–H and O–H groups in total. The number of piperidine rings is 1. The van der Waals surface area contributed by atoms with E-state index in [0.29, 0.717) is 6.54 Å². The first-order valence-corrected chi connectivity index (χ1v) is 7.43. The highest BCUT2D eigenvalue weighted by molar-refractivity contribution is 5.79. The fourth-order valence-electron chi connectivity index (χ4n) is 2.88. The number of carbonyl (C=O) groups is 1. The van der Waals surface area contributed by atoms with Gasteiger partial charge in [-0.1, -0.05) is 12.1 Å². The number of nitrogens with zero attached hydrogens (tertiary/aromatic N) is 1. The molecule has 1 heterocycles. The molecule has 0 saturated carbocycles. The molecule has 110 valence electrons. The van der Waals surface area contributed by atoms with E-state index < -0.39 is 0 Å². The number of phenolic OH excluding ortho intramolecular Hbond substituents is 1. The van der Waals surface area contributed by atoms with E-state index in [2.05, 4.69) is 5.32 Å². The van der Waals surface area contributed by atoms with Crippen LogP contribution in [0.5, 0.6) is 5.75 Å². The maximum atomic E-state index is 12.7. The van der Waals surface area contributed by atoms with Crippen LogP contribution in [0.1, 0.15) is 38.3 Å². The second kappa shape index (κ2) is 6.75. The summed E-state index contributed by atoms with van der Waals surface area (Å²) in [6, 6.07) is 7.15. The molecular formula is C16H24N2O2. The lowest BCUT2D eigenvalue weighted by Crippen LogP contribution is -2.43. The Morgan fingerprint density at radius 1 is 1.55 bits per heavy atom. The zero-order chi connectivity index (χ0) is 14.5. The summed E-state index contributed by atoms with van der Waals surface area (Å²) >= 11 is 0. The summed E-state index contributed by atoms with van der Waals surface area (Å²) in [4.78, 5) is 14.6. The summed E-state index contributed by atoms with van der Waals surface area (Å²) < 4.78 is 0. The van der Waals surface area contributed by atoms with Gasteiger partial charge in [0.2, 0.25) is 5.91 Å². The van der Waals surface area contributed by atoms with E-state index in [4.69, 9.17) is 0 Å². The largest absolute Gasteiger partial charge is 0.508 e. The standard InChI is InChI=1S/C16H24N2O2/c1-3-18(16(20)14-7-5-9-17-11-14)12(2)13-6-4-8-15(19)10-13/h4,6,8,10,12,14,17,19H,3,5,7,9,11H2,1-2H3/t12?,14-/m0/s1. The predicted octanol–water partition coefficient (Wildman–Crippen LogP) is 2.30. The first-order valence-electron chi connectivity index (χ1n) is 7.43. The Balaban J connectivity index is 2.12. The number of hydrogen-bond donors (Lipinski definition) is 2. The lowest BCUT2D eigenvalue weighted by Gasteiger charge is -2.33. The van der Waals surface area contributed by atoms with Crippen molar-refractivity contribution in [1.29, 1.82) is 0 Å². The van der Waals surface area contributed by atoms with Crippen molar-refractivity contribution in [3.8, 4) is 5.75 Å². The number of nitrogens with one attached hydrogen (secondary N) is 1. The van der Waals surface area contributed by atoms with Gasteiger partial charge in [0.1, 0.15) is 5.75 Å². The number of aromatic hydroxyl groups is 1. The first-order chi connectivity index (χ1) is 9.63. The maximum absolute atomic E-state index is 12.7. The highest BCUT2D eigenvalue weighted by Gasteiger charge is 2.28. The van der Waals surface area contributed by atoms with Crippen LogP contribution in [-0.4, -0.2) is 35.5 Å². The number of benzene rings is 1. The van der Waals surface area contributed by atoms with E-state index in [1.165, 1.54) is 0 Å². The van der Waals surface area contributed by atoms with Crippen LogP contribution in [0.2, 0.25) is 0 Å². The summed E-state index contributed by atoms with van der Waals surface area (Å²) in [5.41, 5.74) is 0.976. The van der Waals surface area contributed by atoms with Gasteiger partial charge in [-0.15, -0.1) is 0 Å². The maximum Gasteiger partial charge on any atom is 0.227 e. The van der Waals surface area contributed by atoms with Crippen molar-refractivity contribution in [2.24, 2.45) is 5.92 Å². The zero-order valence-electron chi connectivity index (χ0n) is 12.3. The molecule has 0 spiro atoms. The van der Waals surface area contributed by atoms with Crippen molar-refractivity contribution in [3.63, 3.8) is 0 Å². The van der Waals surface area contributed by atoms with Gasteiger partial charge >= 0.3 is 0 Å². The van der Waals surface area contributed by atoms with Crippen molar-refractivity contribution < 1.29 is 9.90 Å². The number of rotatable bonds is 4. The molecule has 1 unspecified atom stereocenters. The van der Waals surface area contributed by atoms with Gasteiger partial charge < -0.3 is 15.3 Å². The van der Waals surface area contributed by atoms with Gasteiger partial charge in [-0.3, -0.25) is 4.79 Å². The highest BCUT2D eigenvalue weighted by atomic mass is 16.3. The lowest BCUT2D eigenvalue weighted by molar-refractivity contribution is -0.138. The minimum Gasteiger partial charge on any atom is -0.508 e. The van der Waals surface area contributed by atoms with Crippen molar-refractivity contribution in [2.45, 2.75) is 32.7 Å². The quantitative estimate of drug-likeness (QED) is 0.887. The minimum atomic E-state index is -0.0125. The Labute approximate surface area is 120 Å². The van der Waals surface area contributed by atoms with Gasteiger partial charge in [0.15, 0.2) is 0 Å². The third-order valence-corrected chi connectivity index (χ3v) is 4.09. The molecule has 20 heavy (non-hydrogen) atoms. The van der Waals surface area contributed by atoms with E-state index in [0.717, 1.165) is 31.5 Å². The van der Waals surface area contributed by atoms with Gasteiger partial charge in [-0.2, -0.15) is 0 Å². The lowest BCUT2D eigenvalue weighted by atomic mass is 9.96. The van der Waals surface area contributed by atoms with Crippen molar-refractivity contribution in [2.75, 3.05) is 19.6 Å². The smallest absolute Gasteiger partial charge is 0.227 e. The van der Waals surface area contributed by atoms with Crippen LogP contribution in [0.4, 0.5) is 0 Å². The molecule has 0 bridgehead atoms. The van der Waals surface area contributed by atoms with Gasteiger partial charge in [-0.05, 0) is 50.9 Å². The van der Waals surface area contributed by atoms with E-state index >= 15 is 0 Å². The second-order valence-electron chi connectivity index (χ2n) is 5.44. The van der Waals surface area contributed by atoms with E-state index in [1.807, 2.05) is 30.9 Å². The Kier molecular flexibility index (Phi) is 5.01. The average molecular weight is 276 g/mol. The number of hydrogen-bond acceptors (Lipinski definition) is 3. The van der Waals surface area contributed by atoms with Crippen LogP contribution >= 0.6 is 0 Å². The first kappa shape index (κ1) is 14.9. The number of amides is 1. The Morgan fingerprint density at radius 3 is 2.95 bits per heavy atom. The Morgan fingerprint density at radius 2 is 2.35 bits per heavy atom. The molecule has 0 aromatic heterocycles. The predicted molar refractivity (Wildman–Crippen MR) is 79.5 cm³/mol. The Bertz CT molecular complexity index is 456. The van der Waals surface area contributed by atoms with Crippen LogP contribution in [0, 0.1) is 5.92 Å². The average Bonchev–Trinajstić information content (AvgIpc) is 2.48. The molecule has 0 aliphatic carbocycles. The van der Waals surface area contributed by atoms with Crippen molar-refractivity contribution in [1.82, 2.24) is 10.2 Å². The summed E-state index contributed by atoms with van der Waals surface area (Å²) in [5, 5.41) is 12.9. The molecule has 0 radical (unpaired) electrons. The monoisotopic (exact) mass is 276 g/mol. The van der Waals surface area contributed by atoms with Crippen molar-refractivity contribution in [3.05, 3.63) is 29.8 Å². The molecule has 1 aliphatic rings. The topological polar surface area (TPSA) is 52.6 Å². The van der Waals surface area contributed by atoms with Crippen LogP contribution in [0.15, 0.2) is 24.3 Å². The van der Waals surface area contributed by atoms with Crippen LogP contribution in [0.25, 0.3) is 0 Å². The summed E-state index contributed by atoms with van der Waals surface area (Å²) in [6.45, 7) is 6.51. The summed E-state index contributed by atoms with van der Waals surface area (Å²) in [7, 11) is 0. The second-order valence-corrected chi connectivity index (χ2v) is 5.44. The normalized spacial score (nSPS) is 20.4. The minimum absolute atomic E-state index is 0.0125. The third kappa shape index (κ3) is 3.31. The molecule has 1 aliphatic heterocycles. The third-order valence-electron chi connectivity index (χ3n) is 4.09. The zero-order valence-corrected chi connectivity index (χ0v) is 12.3. The van der Waals surface area contributed by atoms with E-state index in [9.17, 15) is 9.90 Å². The molecule has 4 heteroatoms. The number of carbonyl (C=O) groups excluding carboxylic acids is 1. The van der Waals surface area contributed by atoms with Gasteiger partial charge in [0, 0.05) is 13.1 Å². The SMILES string of the molecule is CCN(C(=O)[C@H]1CCCNC1)C(C)c1cccc(O)c1. The molecule has 1 aromatic carbocycles. The molecule has 2 rings (SSSR count). The van der Waals surface area contributed by atoms with E-state index in [1.54, 1.807) is 12.1 Å². The molecule has 2 atom stereocenters. The number of phenols is 1. The van der Waals surface area contributed by atoms with Crippen LogP contribution in [0.3, 0.4) is 0 Å². The van der Waals surface area contributed by atoms with Crippen LogP contribution < -0.4 is 5.32 Å². The Hall–Kier alpha value is -1.55. The fourth-order valence-corrected chi connectivity index (χ4v) is 2.88. The van der Waals surface area contributed by atoms with Gasteiger partial charge in [0.05, 0.1) is 12.0 Å². The molecule has 4 nitrogen and oxygen atoms in total. The molecular weight excluding hydrogens is 252 g/mol. The molecule has 1 fully saturated rings. The van der Waals surface area contributed by atoms with E-state index in [-0.39, 0.29) is 23.6 Å². The van der Waals surface area contributed by atoms with Crippen molar-refractivity contribution >= 4 is 5.91 Å². The molecule has 1 amide bonds. The fraction of sp³-hybridized carbons (Fsp3) is 0.562. The van der Waals surface area contributed by atoms with Gasteiger partial charge in [0.25, 0.3) is 0 Å². The molecule has 1 saturated heterocycles. The molecule has 1 aromatic rings. The highest BCUT2D eigenvalue weighted by Crippen LogP contribution is 2.26. The summed E-state index contributed by atoms with van der Waals surface area (Å²) in [5.74, 6) is 0.552.